The molecular formula is C18H28N2O3. The number of hydrogen-bond donors (Lipinski definition) is 2. The third kappa shape index (κ3) is 5.43. The molecule has 2 N–H and O–H groups in total. The number of aliphatic hydroxyl groups is 1. The summed E-state index contributed by atoms with van der Waals surface area (Å²) in [5, 5.41) is 12.9. The molecule has 128 valence electrons. The van der Waals surface area contributed by atoms with Crippen molar-refractivity contribution in [1.82, 2.24) is 4.90 Å². The van der Waals surface area contributed by atoms with Gasteiger partial charge in [-0.25, -0.2) is 4.79 Å². The molecule has 0 spiro atoms. The lowest BCUT2D eigenvalue weighted by Crippen LogP contribution is -2.37. The van der Waals surface area contributed by atoms with Crippen molar-refractivity contribution in [2.24, 2.45) is 0 Å². The van der Waals surface area contributed by atoms with E-state index in [1.807, 2.05) is 45.0 Å². The maximum absolute atomic E-state index is 12.2. The smallest absolute Gasteiger partial charge is 0.410 e. The van der Waals surface area contributed by atoms with Crippen molar-refractivity contribution in [2.75, 3.05) is 18.4 Å². The first-order valence-corrected chi connectivity index (χ1v) is 8.32. The summed E-state index contributed by atoms with van der Waals surface area (Å²) in [5.41, 5.74) is 1.42. The number of nitrogens with zero attached hydrogens (tertiary/aromatic N) is 1. The fraction of sp³-hybridized carbons (Fsp3) is 0.611. The van der Waals surface area contributed by atoms with Crippen LogP contribution in [-0.2, 0) is 11.3 Å². The van der Waals surface area contributed by atoms with Crippen LogP contribution in [0.4, 0.5) is 10.5 Å². The molecule has 1 atom stereocenters. The van der Waals surface area contributed by atoms with E-state index in [9.17, 15) is 9.90 Å². The van der Waals surface area contributed by atoms with Crippen molar-refractivity contribution in [3.8, 4) is 0 Å². The molecule has 1 heterocycles. The van der Waals surface area contributed by atoms with E-state index in [0.29, 0.717) is 12.6 Å². The highest BCUT2D eigenvalue weighted by Gasteiger charge is 2.25. The summed E-state index contributed by atoms with van der Waals surface area (Å²) in [5.74, 6) is 0. The summed E-state index contributed by atoms with van der Waals surface area (Å²) in [7, 11) is 0. The first-order valence-electron chi connectivity index (χ1n) is 8.32. The zero-order valence-corrected chi connectivity index (χ0v) is 14.3. The normalized spacial score (nSPS) is 19.1. The molecule has 1 aliphatic rings. The van der Waals surface area contributed by atoms with Crippen LogP contribution < -0.4 is 5.32 Å². The fourth-order valence-corrected chi connectivity index (χ4v) is 2.77. The second-order valence-corrected chi connectivity index (χ2v) is 7.05. The SMILES string of the molecule is CC(C)(C)OC(=O)N1CCC[C@@H](Nc2ccccc2CO)CC1. The molecule has 1 fully saturated rings. The van der Waals surface area contributed by atoms with Gasteiger partial charge in [0.15, 0.2) is 0 Å². The van der Waals surface area contributed by atoms with Crippen LogP contribution in [0.3, 0.4) is 0 Å². The topological polar surface area (TPSA) is 61.8 Å². The van der Waals surface area contributed by atoms with E-state index in [4.69, 9.17) is 4.74 Å². The predicted octanol–water partition coefficient (Wildman–Crippen LogP) is 3.38. The Morgan fingerprint density at radius 2 is 2.04 bits per heavy atom. The fourth-order valence-electron chi connectivity index (χ4n) is 2.77. The van der Waals surface area contributed by atoms with Crippen molar-refractivity contribution in [3.63, 3.8) is 0 Å². The number of aliphatic hydroxyl groups excluding tert-OH is 1. The number of ether oxygens (including phenoxy) is 1. The van der Waals surface area contributed by atoms with Gasteiger partial charge < -0.3 is 20.1 Å². The molecule has 0 aromatic heterocycles. The van der Waals surface area contributed by atoms with Crippen LogP contribution in [-0.4, -0.2) is 40.8 Å². The summed E-state index contributed by atoms with van der Waals surface area (Å²) >= 11 is 0. The molecule has 0 aliphatic carbocycles. The molecule has 1 aromatic carbocycles. The number of rotatable bonds is 3. The minimum Gasteiger partial charge on any atom is -0.444 e. The standard InChI is InChI=1S/C18H28N2O3/c1-18(2,3)23-17(22)20-11-6-8-15(10-12-20)19-16-9-5-4-7-14(16)13-21/h4-5,7,9,15,19,21H,6,8,10-13H2,1-3H3/t15-/m1/s1. The molecule has 1 saturated heterocycles. The average Bonchev–Trinajstić information content (AvgIpc) is 2.72. The third-order valence-electron chi connectivity index (χ3n) is 3.93. The van der Waals surface area contributed by atoms with Crippen LogP contribution in [0.2, 0.25) is 0 Å². The van der Waals surface area contributed by atoms with E-state index in [1.54, 1.807) is 4.90 Å². The lowest BCUT2D eigenvalue weighted by molar-refractivity contribution is 0.0256. The van der Waals surface area contributed by atoms with E-state index in [2.05, 4.69) is 5.32 Å². The van der Waals surface area contributed by atoms with Gasteiger partial charge >= 0.3 is 6.09 Å². The Kier molecular flexibility index (Phi) is 5.88. The summed E-state index contributed by atoms with van der Waals surface area (Å²) in [6.07, 6.45) is 2.59. The van der Waals surface area contributed by atoms with E-state index < -0.39 is 5.60 Å². The van der Waals surface area contributed by atoms with Crippen molar-refractivity contribution in [3.05, 3.63) is 29.8 Å². The van der Waals surface area contributed by atoms with Gasteiger partial charge in [0.05, 0.1) is 6.61 Å². The molecule has 2 rings (SSSR count). The van der Waals surface area contributed by atoms with Gasteiger partial charge in [-0.1, -0.05) is 18.2 Å². The third-order valence-corrected chi connectivity index (χ3v) is 3.93. The highest BCUT2D eigenvalue weighted by atomic mass is 16.6. The zero-order valence-electron chi connectivity index (χ0n) is 14.3. The Morgan fingerprint density at radius 3 is 2.74 bits per heavy atom. The largest absolute Gasteiger partial charge is 0.444 e. The van der Waals surface area contributed by atoms with E-state index in [-0.39, 0.29) is 12.7 Å². The van der Waals surface area contributed by atoms with Crippen molar-refractivity contribution in [1.29, 1.82) is 0 Å². The molecule has 0 radical (unpaired) electrons. The summed E-state index contributed by atoms with van der Waals surface area (Å²) in [6, 6.07) is 8.10. The zero-order chi connectivity index (χ0) is 16.9. The maximum Gasteiger partial charge on any atom is 0.410 e. The lowest BCUT2D eigenvalue weighted by Gasteiger charge is -2.26. The second-order valence-electron chi connectivity index (χ2n) is 7.05. The number of likely N-dealkylation sites (tertiary alicyclic amines) is 1. The number of carbonyl (C=O) groups excluding carboxylic acids is 1. The number of benzene rings is 1. The van der Waals surface area contributed by atoms with Crippen LogP contribution in [0.15, 0.2) is 24.3 Å². The molecule has 23 heavy (non-hydrogen) atoms. The molecule has 5 heteroatoms. The number of amides is 1. The van der Waals surface area contributed by atoms with E-state index in [1.165, 1.54) is 0 Å². The minimum atomic E-state index is -0.457. The Hall–Kier alpha value is -1.75. The molecule has 0 bridgehead atoms. The van der Waals surface area contributed by atoms with Gasteiger partial charge in [0.1, 0.15) is 5.60 Å². The first-order chi connectivity index (χ1) is 10.9. The Balaban J connectivity index is 1.92. The summed E-state index contributed by atoms with van der Waals surface area (Å²) in [4.78, 5) is 14.0. The van der Waals surface area contributed by atoms with E-state index in [0.717, 1.165) is 37.1 Å². The quantitative estimate of drug-likeness (QED) is 0.896. The molecule has 5 nitrogen and oxygen atoms in total. The molecule has 1 aliphatic heterocycles. The van der Waals surface area contributed by atoms with E-state index >= 15 is 0 Å². The summed E-state index contributed by atoms with van der Waals surface area (Å²) in [6.45, 7) is 7.11. The molecule has 0 unspecified atom stereocenters. The van der Waals surface area contributed by atoms with Crippen LogP contribution in [0.25, 0.3) is 0 Å². The number of anilines is 1. The van der Waals surface area contributed by atoms with Crippen LogP contribution in [0, 0.1) is 0 Å². The van der Waals surface area contributed by atoms with Gasteiger partial charge in [-0.3, -0.25) is 0 Å². The predicted molar refractivity (Wildman–Crippen MR) is 91.4 cm³/mol. The van der Waals surface area contributed by atoms with Gasteiger partial charge in [-0.15, -0.1) is 0 Å². The van der Waals surface area contributed by atoms with Crippen molar-refractivity contribution < 1.29 is 14.6 Å². The maximum atomic E-state index is 12.2. The van der Waals surface area contributed by atoms with Gasteiger partial charge in [0.2, 0.25) is 0 Å². The minimum absolute atomic E-state index is 0.0277. The van der Waals surface area contributed by atoms with Crippen LogP contribution in [0.5, 0.6) is 0 Å². The van der Waals surface area contributed by atoms with Gasteiger partial charge in [0.25, 0.3) is 0 Å². The lowest BCUT2D eigenvalue weighted by atomic mass is 10.1. The van der Waals surface area contributed by atoms with Gasteiger partial charge in [-0.2, -0.15) is 0 Å². The van der Waals surface area contributed by atoms with Crippen molar-refractivity contribution in [2.45, 2.75) is 58.3 Å². The van der Waals surface area contributed by atoms with Gasteiger partial charge in [0, 0.05) is 30.4 Å². The molecule has 1 amide bonds. The highest BCUT2D eigenvalue weighted by molar-refractivity contribution is 5.68. The number of nitrogens with one attached hydrogen (secondary N) is 1. The first kappa shape index (κ1) is 17.6. The molecule has 1 aromatic rings. The Bertz CT molecular complexity index is 525. The van der Waals surface area contributed by atoms with Gasteiger partial charge in [-0.05, 0) is 46.1 Å². The Morgan fingerprint density at radius 1 is 1.30 bits per heavy atom. The van der Waals surface area contributed by atoms with Crippen molar-refractivity contribution >= 4 is 11.8 Å². The summed E-state index contributed by atoms with van der Waals surface area (Å²) < 4.78 is 5.46. The number of carbonyl (C=O) groups is 1. The van der Waals surface area contributed by atoms with Crippen LogP contribution >= 0.6 is 0 Å². The number of hydrogen-bond acceptors (Lipinski definition) is 4. The second kappa shape index (κ2) is 7.68. The number of para-hydroxylation sites is 1. The molecule has 0 saturated carbocycles. The molecular weight excluding hydrogens is 292 g/mol. The highest BCUT2D eigenvalue weighted by Crippen LogP contribution is 2.21. The Labute approximate surface area is 138 Å². The average molecular weight is 320 g/mol. The monoisotopic (exact) mass is 320 g/mol. The van der Waals surface area contributed by atoms with Crippen LogP contribution in [0.1, 0.15) is 45.6 Å².